The Kier molecular flexibility index (Phi) is 4.03. The molecule has 0 spiro atoms. The van der Waals surface area contributed by atoms with Crippen LogP contribution in [0.1, 0.15) is 31.6 Å². The van der Waals surface area contributed by atoms with Crippen molar-refractivity contribution < 1.29 is 4.42 Å². The van der Waals surface area contributed by atoms with Crippen LogP contribution in [0, 0.1) is 12.8 Å². The predicted octanol–water partition coefficient (Wildman–Crippen LogP) is 2.72. The summed E-state index contributed by atoms with van der Waals surface area (Å²) in [6.07, 6.45) is 2.97. The minimum absolute atomic E-state index is 0.769. The van der Waals surface area contributed by atoms with Crippen LogP contribution in [0.25, 0.3) is 0 Å². The monoisotopic (exact) mass is 181 g/mol. The molecule has 0 saturated heterocycles. The van der Waals surface area contributed by atoms with E-state index in [2.05, 4.69) is 26.1 Å². The van der Waals surface area contributed by atoms with Gasteiger partial charge in [-0.3, -0.25) is 0 Å². The number of hydrogen-bond donors (Lipinski definition) is 1. The van der Waals surface area contributed by atoms with Crippen molar-refractivity contribution in [3.63, 3.8) is 0 Å². The SMILES string of the molecule is Cc1ccoc1CNCCC(C)C. The summed E-state index contributed by atoms with van der Waals surface area (Å²) in [5.74, 6) is 1.83. The van der Waals surface area contributed by atoms with E-state index < -0.39 is 0 Å². The molecule has 0 radical (unpaired) electrons. The topological polar surface area (TPSA) is 25.2 Å². The van der Waals surface area contributed by atoms with Crippen molar-refractivity contribution in [1.29, 1.82) is 0 Å². The number of furan rings is 1. The Morgan fingerprint density at radius 1 is 1.46 bits per heavy atom. The lowest BCUT2D eigenvalue weighted by Crippen LogP contribution is -2.16. The third kappa shape index (κ3) is 3.64. The number of rotatable bonds is 5. The first-order valence-corrected chi connectivity index (χ1v) is 4.94. The van der Waals surface area contributed by atoms with Gasteiger partial charge in [-0.1, -0.05) is 13.8 Å². The van der Waals surface area contributed by atoms with E-state index in [4.69, 9.17) is 4.42 Å². The summed E-state index contributed by atoms with van der Waals surface area (Å²) >= 11 is 0. The molecule has 1 aromatic heterocycles. The molecular weight excluding hydrogens is 162 g/mol. The molecule has 74 valence electrons. The van der Waals surface area contributed by atoms with Crippen molar-refractivity contribution in [2.75, 3.05) is 6.54 Å². The molecular formula is C11H19NO. The molecule has 1 N–H and O–H groups in total. The second-order valence-corrected chi connectivity index (χ2v) is 3.89. The molecule has 0 saturated carbocycles. The number of hydrogen-bond acceptors (Lipinski definition) is 2. The third-order valence-corrected chi connectivity index (χ3v) is 2.15. The maximum Gasteiger partial charge on any atom is 0.120 e. The van der Waals surface area contributed by atoms with Gasteiger partial charge < -0.3 is 9.73 Å². The van der Waals surface area contributed by atoms with Crippen LogP contribution in [0.2, 0.25) is 0 Å². The Balaban J connectivity index is 2.17. The Labute approximate surface area is 80.3 Å². The van der Waals surface area contributed by atoms with Crippen molar-refractivity contribution >= 4 is 0 Å². The molecule has 0 aromatic carbocycles. The lowest BCUT2D eigenvalue weighted by Gasteiger charge is -2.05. The zero-order valence-electron chi connectivity index (χ0n) is 8.76. The molecule has 2 heteroatoms. The third-order valence-electron chi connectivity index (χ3n) is 2.15. The van der Waals surface area contributed by atoms with Crippen molar-refractivity contribution in [2.45, 2.75) is 33.7 Å². The van der Waals surface area contributed by atoms with Crippen molar-refractivity contribution in [3.05, 3.63) is 23.7 Å². The van der Waals surface area contributed by atoms with Gasteiger partial charge >= 0.3 is 0 Å². The van der Waals surface area contributed by atoms with E-state index >= 15 is 0 Å². The molecule has 0 aliphatic carbocycles. The van der Waals surface area contributed by atoms with E-state index in [0.717, 1.165) is 24.8 Å². The highest BCUT2D eigenvalue weighted by Gasteiger charge is 2.00. The quantitative estimate of drug-likeness (QED) is 0.706. The standard InChI is InChI=1S/C11H19NO/c1-9(2)4-6-12-8-11-10(3)5-7-13-11/h5,7,9,12H,4,6,8H2,1-3H3. The van der Waals surface area contributed by atoms with Crippen LogP contribution in [0.5, 0.6) is 0 Å². The molecule has 0 atom stereocenters. The van der Waals surface area contributed by atoms with Gasteiger partial charge in [-0.15, -0.1) is 0 Å². The molecule has 2 nitrogen and oxygen atoms in total. The van der Waals surface area contributed by atoms with E-state index in [-0.39, 0.29) is 0 Å². The minimum Gasteiger partial charge on any atom is -0.468 e. The molecule has 0 aliphatic heterocycles. The molecule has 0 aliphatic rings. The fourth-order valence-electron chi connectivity index (χ4n) is 1.18. The smallest absolute Gasteiger partial charge is 0.120 e. The highest BCUT2D eigenvalue weighted by atomic mass is 16.3. The van der Waals surface area contributed by atoms with Gasteiger partial charge in [0.15, 0.2) is 0 Å². The summed E-state index contributed by atoms with van der Waals surface area (Å²) in [4.78, 5) is 0. The predicted molar refractivity (Wildman–Crippen MR) is 54.6 cm³/mol. The van der Waals surface area contributed by atoms with Crippen LogP contribution in [-0.4, -0.2) is 6.54 Å². The summed E-state index contributed by atoms with van der Waals surface area (Å²) < 4.78 is 5.31. The zero-order chi connectivity index (χ0) is 9.68. The lowest BCUT2D eigenvalue weighted by atomic mass is 10.1. The van der Waals surface area contributed by atoms with Gasteiger partial charge in [0, 0.05) is 0 Å². The maximum absolute atomic E-state index is 5.31. The van der Waals surface area contributed by atoms with Crippen LogP contribution in [0.15, 0.2) is 16.7 Å². The minimum atomic E-state index is 0.769. The average molecular weight is 181 g/mol. The van der Waals surface area contributed by atoms with Gasteiger partial charge in [0.25, 0.3) is 0 Å². The van der Waals surface area contributed by atoms with Crippen LogP contribution in [-0.2, 0) is 6.54 Å². The van der Waals surface area contributed by atoms with Gasteiger partial charge in [-0.25, -0.2) is 0 Å². The van der Waals surface area contributed by atoms with Gasteiger partial charge in [0.05, 0.1) is 12.8 Å². The average Bonchev–Trinajstić information content (AvgIpc) is 2.45. The Morgan fingerprint density at radius 2 is 2.23 bits per heavy atom. The van der Waals surface area contributed by atoms with Gasteiger partial charge in [-0.05, 0) is 37.4 Å². The number of nitrogens with one attached hydrogen (secondary N) is 1. The summed E-state index contributed by atoms with van der Waals surface area (Å²) in [7, 11) is 0. The molecule has 1 heterocycles. The summed E-state index contributed by atoms with van der Waals surface area (Å²) in [5.41, 5.74) is 1.23. The highest BCUT2D eigenvalue weighted by Crippen LogP contribution is 2.07. The lowest BCUT2D eigenvalue weighted by molar-refractivity contribution is 0.464. The van der Waals surface area contributed by atoms with E-state index in [1.807, 2.05) is 6.07 Å². The van der Waals surface area contributed by atoms with Crippen LogP contribution >= 0.6 is 0 Å². The van der Waals surface area contributed by atoms with E-state index in [9.17, 15) is 0 Å². The first-order valence-electron chi connectivity index (χ1n) is 4.94. The molecule has 1 rings (SSSR count). The highest BCUT2D eigenvalue weighted by molar-refractivity contribution is 5.13. The van der Waals surface area contributed by atoms with E-state index in [1.54, 1.807) is 6.26 Å². The van der Waals surface area contributed by atoms with Crippen LogP contribution in [0.3, 0.4) is 0 Å². The van der Waals surface area contributed by atoms with Crippen LogP contribution in [0.4, 0.5) is 0 Å². The Hall–Kier alpha value is -0.760. The van der Waals surface area contributed by atoms with E-state index in [1.165, 1.54) is 12.0 Å². The van der Waals surface area contributed by atoms with Crippen LogP contribution < -0.4 is 5.32 Å². The second-order valence-electron chi connectivity index (χ2n) is 3.89. The number of aryl methyl sites for hydroxylation is 1. The molecule has 0 unspecified atom stereocenters. The van der Waals surface area contributed by atoms with Gasteiger partial charge in [-0.2, -0.15) is 0 Å². The fourth-order valence-corrected chi connectivity index (χ4v) is 1.18. The van der Waals surface area contributed by atoms with Crippen molar-refractivity contribution in [1.82, 2.24) is 5.32 Å². The Bertz CT molecular complexity index is 240. The molecule has 0 fully saturated rings. The molecule has 0 bridgehead atoms. The van der Waals surface area contributed by atoms with E-state index in [0.29, 0.717) is 0 Å². The Morgan fingerprint density at radius 3 is 2.77 bits per heavy atom. The second kappa shape index (κ2) is 5.07. The first-order chi connectivity index (χ1) is 6.20. The first kappa shape index (κ1) is 10.3. The summed E-state index contributed by atoms with van der Waals surface area (Å²) in [5, 5.41) is 3.37. The zero-order valence-corrected chi connectivity index (χ0v) is 8.76. The van der Waals surface area contributed by atoms with Crippen molar-refractivity contribution in [3.8, 4) is 0 Å². The largest absolute Gasteiger partial charge is 0.468 e. The van der Waals surface area contributed by atoms with Gasteiger partial charge in [0.1, 0.15) is 5.76 Å². The molecule has 1 aromatic rings. The molecule has 13 heavy (non-hydrogen) atoms. The fraction of sp³-hybridized carbons (Fsp3) is 0.636. The molecule has 0 amide bonds. The maximum atomic E-state index is 5.31. The van der Waals surface area contributed by atoms with Crippen molar-refractivity contribution in [2.24, 2.45) is 5.92 Å². The van der Waals surface area contributed by atoms with Gasteiger partial charge in [0.2, 0.25) is 0 Å². The summed E-state index contributed by atoms with van der Waals surface area (Å²) in [6, 6.07) is 2.00. The summed E-state index contributed by atoms with van der Waals surface area (Å²) in [6.45, 7) is 8.46. The normalized spacial score (nSPS) is 11.1.